The van der Waals surface area contributed by atoms with E-state index in [0.717, 1.165) is 46.6 Å². The molecule has 0 unspecified atom stereocenters. The molecule has 1 saturated heterocycles. The highest BCUT2D eigenvalue weighted by molar-refractivity contribution is 7.15. The van der Waals surface area contributed by atoms with Gasteiger partial charge in [0, 0.05) is 48.7 Å². The molecule has 3 aromatic rings. The number of β-amino-alcohol motifs (C(OH)–C–C–N with tert-alkyl or cyclic N) is 1. The van der Waals surface area contributed by atoms with E-state index in [1.807, 2.05) is 11.8 Å². The molecule has 2 aliphatic rings. The molecule has 1 fully saturated rings. The summed E-state index contributed by atoms with van der Waals surface area (Å²) < 4.78 is 2.11. The van der Waals surface area contributed by atoms with Crippen LogP contribution in [0.2, 0.25) is 0 Å². The number of piperazine rings is 1. The fourth-order valence-electron chi connectivity index (χ4n) is 5.21. The lowest BCUT2D eigenvalue weighted by Gasteiger charge is -2.34. The standard InChI is InChI=1S/C28H36N6O2S/c1-17(2)21-6-8-22(9-7-21)26-25-18(3)19(4)37-28(25)34-20(5)30-31-27(34)23(29-26)16-24(36)33-12-10-32(11-13-33)14-15-35/h6-9,17,23,35H,10-16H2,1-5H3/t23-/m0/s1. The molecule has 1 aromatic carbocycles. The number of carbonyl (C=O) groups is 1. The zero-order valence-electron chi connectivity index (χ0n) is 22.4. The summed E-state index contributed by atoms with van der Waals surface area (Å²) in [4.78, 5) is 24.1. The van der Waals surface area contributed by atoms with E-state index in [1.165, 1.54) is 16.0 Å². The number of amides is 1. The summed E-state index contributed by atoms with van der Waals surface area (Å²) >= 11 is 1.73. The van der Waals surface area contributed by atoms with Crippen LogP contribution in [-0.4, -0.2) is 80.6 Å². The molecule has 37 heavy (non-hydrogen) atoms. The second-order valence-corrected chi connectivity index (χ2v) is 11.5. The highest BCUT2D eigenvalue weighted by Crippen LogP contribution is 2.39. The molecule has 0 radical (unpaired) electrons. The quantitative estimate of drug-likeness (QED) is 0.534. The number of aromatic nitrogens is 3. The van der Waals surface area contributed by atoms with E-state index in [9.17, 15) is 9.90 Å². The monoisotopic (exact) mass is 520 g/mol. The Hall–Kier alpha value is -2.88. The van der Waals surface area contributed by atoms with Crippen molar-refractivity contribution in [3.8, 4) is 5.00 Å². The molecule has 0 spiro atoms. The molecule has 1 amide bonds. The van der Waals surface area contributed by atoms with Gasteiger partial charge in [0.1, 0.15) is 16.9 Å². The largest absolute Gasteiger partial charge is 0.395 e. The normalized spacial score (nSPS) is 18.0. The Morgan fingerprint density at radius 1 is 1.08 bits per heavy atom. The molecule has 1 atom stereocenters. The molecule has 196 valence electrons. The third kappa shape index (κ3) is 4.87. The first-order valence-electron chi connectivity index (χ1n) is 13.1. The van der Waals surface area contributed by atoms with Crippen LogP contribution in [0.5, 0.6) is 0 Å². The first kappa shape index (κ1) is 25.8. The van der Waals surface area contributed by atoms with Crippen molar-refractivity contribution in [2.75, 3.05) is 39.3 Å². The lowest BCUT2D eigenvalue weighted by molar-refractivity contribution is -0.133. The summed E-state index contributed by atoms with van der Waals surface area (Å²) in [5, 5.41) is 19.3. The fourth-order valence-corrected chi connectivity index (χ4v) is 6.42. The molecule has 0 aliphatic carbocycles. The summed E-state index contributed by atoms with van der Waals surface area (Å²) in [7, 11) is 0. The zero-order chi connectivity index (χ0) is 26.3. The maximum Gasteiger partial charge on any atom is 0.225 e. The van der Waals surface area contributed by atoms with Gasteiger partial charge in [0.15, 0.2) is 5.82 Å². The van der Waals surface area contributed by atoms with Crippen LogP contribution in [0.25, 0.3) is 5.00 Å². The highest BCUT2D eigenvalue weighted by atomic mass is 32.1. The molecule has 1 N–H and O–H groups in total. The van der Waals surface area contributed by atoms with E-state index >= 15 is 0 Å². The summed E-state index contributed by atoms with van der Waals surface area (Å²) in [6.45, 7) is 14.3. The average Bonchev–Trinajstić information content (AvgIpc) is 3.36. The van der Waals surface area contributed by atoms with Crippen molar-refractivity contribution < 1.29 is 9.90 Å². The minimum Gasteiger partial charge on any atom is -0.395 e. The number of aliphatic hydroxyl groups is 1. The molecule has 0 saturated carbocycles. The van der Waals surface area contributed by atoms with Gasteiger partial charge in [-0.15, -0.1) is 21.5 Å². The Morgan fingerprint density at radius 3 is 2.43 bits per heavy atom. The van der Waals surface area contributed by atoms with Gasteiger partial charge in [-0.25, -0.2) is 0 Å². The van der Waals surface area contributed by atoms with Gasteiger partial charge in [0.25, 0.3) is 0 Å². The number of aryl methyl sites for hydroxylation is 2. The maximum absolute atomic E-state index is 13.5. The maximum atomic E-state index is 13.5. The van der Waals surface area contributed by atoms with E-state index in [-0.39, 0.29) is 18.9 Å². The van der Waals surface area contributed by atoms with Gasteiger partial charge in [0.05, 0.1) is 18.7 Å². The SMILES string of the molecule is Cc1sc2c(c1C)C(c1ccc(C(C)C)cc1)=N[C@@H](CC(=O)N1CCN(CCO)CC1)c1nnc(C)n1-2. The number of thiophene rings is 1. The molecule has 5 rings (SSSR count). The molecule has 2 aromatic heterocycles. The van der Waals surface area contributed by atoms with E-state index in [4.69, 9.17) is 4.99 Å². The number of rotatable bonds is 6. The predicted octanol–water partition coefficient (Wildman–Crippen LogP) is 3.80. The second-order valence-electron chi connectivity index (χ2n) is 10.3. The van der Waals surface area contributed by atoms with Crippen molar-refractivity contribution in [3.05, 3.63) is 63.0 Å². The summed E-state index contributed by atoms with van der Waals surface area (Å²) in [5.74, 6) is 2.06. The van der Waals surface area contributed by atoms with Crippen LogP contribution in [-0.2, 0) is 4.79 Å². The summed E-state index contributed by atoms with van der Waals surface area (Å²) in [6.07, 6.45) is 0.249. The van der Waals surface area contributed by atoms with Crippen LogP contribution < -0.4 is 0 Å². The Balaban J connectivity index is 1.54. The minimum absolute atomic E-state index is 0.0808. The Bertz CT molecular complexity index is 1320. The van der Waals surface area contributed by atoms with Crippen LogP contribution in [0.3, 0.4) is 0 Å². The van der Waals surface area contributed by atoms with Crippen molar-refractivity contribution in [2.24, 2.45) is 4.99 Å². The number of carbonyl (C=O) groups excluding carboxylic acids is 1. The van der Waals surface area contributed by atoms with Crippen LogP contribution in [0.15, 0.2) is 29.3 Å². The topological polar surface area (TPSA) is 86.8 Å². The first-order valence-corrected chi connectivity index (χ1v) is 13.9. The number of aliphatic hydroxyl groups excluding tert-OH is 1. The van der Waals surface area contributed by atoms with Crippen molar-refractivity contribution in [1.82, 2.24) is 24.6 Å². The molecule has 9 heteroatoms. The van der Waals surface area contributed by atoms with Crippen LogP contribution in [0.4, 0.5) is 0 Å². The Labute approximate surface area is 222 Å². The third-order valence-corrected chi connectivity index (χ3v) is 8.79. The molecule has 0 bridgehead atoms. The first-order chi connectivity index (χ1) is 17.8. The second kappa shape index (κ2) is 10.5. The van der Waals surface area contributed by atoms with Crippen LogP contribution in [0.1, 0.15) is 71.0 Å². The molecular formula is C28H36N6O2S. The number of nitrogens with zero attached hydrogens (tertiary/aromatic N) is 6. The fraction of sp³-hybridized carbons (Fsp3) is 0.500. The van der Waals surface area contributed by atoms with E-state index in [1.54, 1.807) is 11.3 Å². The number of fused-ring (bicyclic) bond motifs is 3. The van der Waals surface area contributed by atoms with Gasteiger partial charge in [-0.1, -0.05) is 38.1 Å². The third-order valence-electron chi connectivity index (χ3n) is 7.60. The number of hydrogen-bond acceptors (Lipinski definition) is 7. The van der Waals surface area contributed by atoms with E-state index in [0.29, 0.717) is 25.6 Å². The van der Waals surface area contributed by atoms with Crippen LogP contribution in [0, 0.1) is 20.8 Å². The van der Waals surface area contributed by atoms with E-state index in [2.05, 4.69) is 71.6 Å². The lowest BCUT2D eigenvalue weighted by atomic mass is 9.96. The Kier molecular flexibility index (Phi) is 7.29. The van der Waals surface area contributed by atoms with Gasteiger partial charge in [-0.05, 0) is 37.8 Å². The van der Waals surface area contributed by atoms with Crippen molar-refractivity contribution in [1.29, 1.82) is 0 Å². The Morgan fingerprint density at radius 2 is 1.78 bits per heavy atom. The van der Waals surface area contributed by atoms with Crippen molar-refractivity contribution >= 4 is 23.0 Å². The van der Waals surface area contributed by atoms with Crippen LogP contribution >= 0.6 is 11.3 Å². The molecule has 4 heterocycles. The number of benzene rings is 1. The summed E-state index contributed by atoms with van der Waals surface area (Å²) in [6, 6.07) is 8.24. The van der Waals surface area contributed by atoms with Gasteiger partial charge >= 0.3 is 0 Å². The highest BCUT2D eigenvalue weighted by Gasteiger charge is 2.33. The average molecular weight is 521 g/mol. The predicted molar refractivity (Wildman–Crippen MR) is 147 cm³/mol. The van der Waals surface area contributed by atoms with Gasteiger partial charge in [0.2, 0.25) is 5.91 Å². The van der Waals surface area contributed by atoms with Crippen molar-refractivity contribution in [3.63, 3.8) is 0 Å². The number of aliphatic imine (C=N–C) groups is 1. The van der Waals surface area contributed by atoms with Gasteiger partial charge < -0.3 is 10.0 Å². The summed E-state index contributed by atoms with van der Waals surface area (Å²) in [5.41, 5.74) is 5.58. The minimum atomic E-state index is -0.428. The van der Waals surface area contributed by atoms with Crippen molar-refractivity contribution in [2.45, 2.75) is 53.0 Å². The lowest BCUT2D eigenvalue weighted by Crippen LogP contribution is -2.49. The zero-order valence-corrected chi connectivity index (χ0v) is 23.2. The van der Waals surface area contributed by atoms with Gasteiger partial charge in [-0.3, -0.25) is 19.3 Å². The van der Waals surface area contributed by atoms with E-state index < -0.39 is 6.04 Å². The number of hydrogen-bond donors (Lipinski definition) is 1. The molecule has 8 nitrogen and oxygen atoms in total. The molecule has 2 aliphatic heterocycles. The smallest absolute Gasteiger partial charge is 0.225 e. The molecular weight excluding hydrogens is 484 g/mol. The van der Waals surface area contributed by atoms with Gasteiger partial charge in [-0.2, -0.15) is 0 Å².